The second-order valence-corrected chi connectivity index (χ2v) is 8.20. The number of Topliss-reactive ketones (excluding diaryl/α,β-unsaturated/α-hetero) is 1. The number of thioether (sulfide) groups is 1. The summed E-state index contributed by atoms with van der Waals surface area (Å²) < 4.78 is 7.20. The molecule has 0 radical (unpaired) electrons. The van der Waals surface area contributed by atoms with Crippen LogP contribution in [0.4, 0.5) is 5.82 Å². The number of hydrogen-bond donors (Lipinski definition) is 2. The lowest BCUT2D eigenvalue weighted by Crippen LogP contribution is -2.09. The summed E-state index contributed by atoms with van der Waals surface area (Å²) in [6.07, 6.45) is 0.765. The molecule has 9 heteroatoms. The van der Waals surface area contributed by atoms with Gasteiger partial charge in [0.1, 0.15) is 11.6 Å². The Labute approximate surface area is 190 Å². The number of aliphatic hydroxyl groups excluding tert-OH is 1. The van der Waals surface area contributed by atoms with Gasteiger partial charge in [-0.3, -0.25) is 4.79 Å². The Morgan fingerprint density at radius 2 is 1.94 bits per heavy atom. The van der Waals surface area contributed by atoms with Gasteiger partial charge in [0.15, 0.2) is 27.9 Å². The molecular formula is C23H25N5O3S. The van der Waals surface area contributed by atoms with Crippen LogP contribution in [0.3, 0.4) is 0 Å². The normalized spacial score (nSPS) is 11.2. The Kier molecular flexibility index (Phi) is 6.57. The van der Waals surface area contributed by atoms with Gasteiger partial charge in [0.2, 0.25) is 0 Å². The van der Waals surface area contributed by atoms with Crippen molar-refractivity contribution in [1.29, 1.82) is 0 Å². The molecular weight excluding hydrogens is 426 g/mol. The largest absolute Gasteiger partial charge is 0.497 e. The average molecular weight is 452 g/mol. The molecule has 2 heterocycles. The van der Waals surface area contributed by atoms with Crippen LogP contribution in [0.2, 0.25) is 0 Å². The van der Waals surface area contributed by atoms with Crippen LogP contribution < -0.4 is 10.1 Å². The standard InChI is InChI=1S/C23H25N5O3S/c1-4-19-25-20-21(24-9-10-29)26-23(27-22(20)28(19)2)32-13-18(30)16-6-5-15-12-17(31-3)8-7-14(15)11-16/h5-8,11-12,29H,4,9-10,13H2,1-3H3,(H,24,26,27). The van der Waals surface area contributed by atoms with Crippen molar-refractivity contribution in [3.8, 4) is 5.75 Å². The van der Waals surface area contributed by atoms with Crippen molar-refractivity contribution in [3.05, 3.63) is 47.8 Å². The monoisotopic (exact) mass is 451 g/mol. The van der Waals surface area contributed by atoms with E-state index in [0.717, 1.165) is 28.8 Å². The van der Waals surface area contributed by atoms with Gasteiger partial charge in [-0.2, -0.15) is 0 Å². The van der Waals surface area contributed by atoms with E-state index >= 15 is 0 Å². The van der Waals surface area contributed by atoms with Crippen molar-refractivity contribution < 1.29 is 14.6 Å². The van der Waals surface area contributed by atoms with E-state index in [1.807, 2.05) is 54.9 Å². The summed E-state index contributed by atoms with van der Waals surface area (Å²) >= 11 is 1.29. The van der Waals surface area contributed by atoms with Crippen LogP contribution in [-0.4, -0.2) is 56.4 Å². The van der Waals surface area contributed by atoms with E-state index in [2.05, 4.69) is 20.3 Å². The predicted molar refractivity (Wildman–Crippen MR) is 127 cm³/mol. The molecule has 32 heavy (non-hydrogen) atoms. The molecule has 0 saturated carbocycles. The third-order valence-corrected chi connectivity index (χ3v) is 6.06. The van der Waals surface area contributed by atoms with E-state index < -0.39 is 0 Å². The summed E-state index contributed by atoms with van der Waals surface area (Å²) in [4.78, 5) is 26.7. The summed E-state index contributed by atoms with van der Waals surface area (Å²) in [6.45, 7) is 2.37. The van der Waals surface area contributed by atoms with Gasteiger partial charge >= 0.3 is 0 Å². The molecule has 0 fully saturated rings. The van der Waals surface area contributed by atoms with Crippen LogP contribution in [0.5, 0.6) is 5.75 Å². The highest BCUT2D eigenvalue weighted by molar-refractivity contribution is 7.99. The van der Waals surface area contributed by atoms with Gasteiger partial charge in [-0.25, -0.2) is 15.0 Å². The molecule has 2 aromatic carbocycles. The molecule has 8 nitrogen and oxygen atoms in total. The molecule has 0 bridgehead atoms. The Morgan fingerprint density at radius 1 is 1.16 bits per heavy atom. The number of carbonyl (C=O) groups excluding carboxylic acids is 1. The molecule has 0 atom stereocenters. The molecule has 0 saturated heterocycles. The first kappa shape index (κ1) is 22.0. The van der Waals surface area contributed by atoms with E-state index in [1.54, 1.807) is 7.11 Å². The third kappa shape index (κ3) is 4.39. The second kappa shape index (κ2) is 9.54. The van der Waals surface area contributed by atoms with Crippen molar-refractivity contribution >= 4 is 45.3 Å². The number of rotatable bonds is 9. The summed E-state index contributed by atoms with van der Waals surface area (Å²) in [5.41, 5.74) is 2.01. The number of hydrogen-bond acceptors (Lipinski definition) is 8. The lowest BCUT2D eigenvalue weighted by atomic mass is 10.0. The maximum atomic E-state index is 12.9. The minimum Gasteiger partial charge on any atom is -0.497 e. The third-order valence-electron chi connectivity index (χ3n) is 5.21. The van der Waals surface area contributed by atoms with Crippen molar-refractivity contribution in [2.24, 2.45) is 7.05 Å². The van der Waals surface area contributed by atoms with Crippen molar-refractivity contribution in [2.75, 3.05) is 31.3 Å². The molecule has 4 aromatic rings. The first-order valence-corrected chi connectivity index (χ1v) is 11.3. The zero-order valence-corrected chi connectivity index (χ0v) is 19.1. The number of carbonyl (C=O) groups is 1. The number of anilines is 1. The van der Waals surface area contributed by atoms with E-state index in [0.29, 0.717) is 34.2 Å². The fraction of sp³-hybridized carbons (Fsp3) is 0.304. The number of nitrogens with zero attached hydrogens (tertiary/aromatic N) is 4. The van der Waals surface area contributed by atoms with Crippen LogP contribution in [0.25, 0.3) is 21.9 Å². The highest BCUT2D eigenvalue weighted by Crippen LogP contribution is 2.26. The Balaban J connectivity index is 1.57. The molecule has 0 unspecified atom stereocenters. The minimum absolute atomic E-state index is 0.000496. The number of methoxy groups -OCH3 is 1. The number of nitrogens with one attached hydrogen (secondary N) is 1. The van der Waals surface area contributed by atoms with E-state index in [-0.39, 0.29) is 18.1 Å². The molecule has 2 aromatic heterocycles. The maximum Gasteiger partial charge on any atom is 0.192 e. The van der Waals surface area contributed by atoms with E-state index in [9.17, 15) is 9.90 Å². The van der Waals surface area contributed by atoms with Crippen molar-refractivity contribution in [3.63, 3.8) is 0 Å². The molecule has 0 amide bonds. The Hall–Kier alpha value is -3.17. The molecule has 166 valence electrons. The SMILES string of the molecule is CCc1nc2c(NCCO)nc(SCC(=O)c3ccc4cc(OC)ccc4c3)nc2n1C. The number of aromatic nitrogens is 4. The van der Waals surface area contributed by atoms with Gasteiger partial charge in [0.25, 0.3) is 0 Å². The van der Waals surface area contributed by atoms with Crippen LogP contribution >= 0.6 is 11.8 Å². The van der Waals surface area contributed by atoms with E-state index in [1.165, 1.54) is 11.8 Å². The summed E-state index contributed by atoms with van der Waals surface area (Å²) in [5, 5.41) is 14.8. The van der Waals surface area contributed by atoms with Crippen molar-refractivity contribution in [1.82, 2.24) is 19.5 Å². The molecule has 0 aliphatic heterocycles. The van der Waals surface area contributed by atoms with Gasteiger partial charge in [-0.1, -0.05) is 36.9 Å². The van der Waals surface area contributed by atoms with Crippen LogP contribution in [0.15, 0.2) is 41.6 Å². The first-order valence-electron chi connectivity index (χ1n) is 10.4. The number of ketones is 1. The number of aryl methyl sites for hydroxylation is 2. The molecule has 0 spiro atoms. The van der Waals surface area contributed by atoms with E-state index in [4.69, 9.17) is 4.74 Å². The average Bonchev–Trinajstić information content (AvgIpc) is 3.15. The minimum atomic E-state index is -0.0201. The predicted octanol–water partition coefficient (Wildman–Crippen LogP) is 3.47. The topological polar surface area (TPSA) is 102 Å². The van der Waals surface area contributed by atoms with Gasteiger partial charge in [0.05, 0.1) is 19.5 Å². The number of benzene rings is 2. The zero-order valence-electron chi connectivity index (χ0n) is 18.3. The Morgan fingerprint density at radius 3 is 2.69 bits per heavy atom. The highest BCUT2D eigenvalue weighted by Gasteiger charge is 2.17. The van der Waals surface area contributed by atoms with Crippen LogP contribution in [0.1, 0.15) is 23.1 Å². The maximum absolute atomic E-state index is 12.9. The molecule has 0 aliphatic rings. The fourth-order valence-corrected chi connectivity index (χ4v) is 4.24. The number of imidazole rings is 1. The van der Waals surface area contributed by atoms with Crippen LogP contribution in [-0.2, 0) is 13.5 Å². The van der Waals surface area contributed by atoms with Crippen molar-refractivity contribution in [2.45, 2.75) is 18.5 Å². The highest BCUT2D eigenvalue weighted by atomic mass is 32.2. The van der Waals surface area contributed by atoms with Gasteiger partial charge in [-0.05, 0) is 29.0 Å². The number of aliphatic hydroxyl groups is 1. The molecule has 4 rings (SSSR count). The second-order valence-electron chi connectivity index (χ2n) is 7.26. The summed E-state index contributed by atoms with van der Waals surface area (Å²) in [5.74, 6) is 2.46. The number of ether oxygens (including phenoxy) is 1. The van der Waals surface area contributed by atoms with Gasteiger partial charge < -0.3 is 19.7 Å². The summed E-state index contributed by atoms with van der Waals surface area (Å²) in [7, 11) is 3.55. The summed E-state index contributed by atoms with van der Waals surface area (Å²) in [6, 6.07) is 11.4. The zero-order chi connectivity index (χ0) is 22.7. The lowest BCUT2D eigenvalue weighted by Gasteiger charge is -2.08. The fourth-order valence-electron chi connectivity index (χ4n) is 3.50. The molecule has 0 aliphatic carbocycles. The van der Waals surface area contributed by atoms with Gasteiger partial charge in [0, 0.05) is 25.6 Å². The first-order chi connectivity index (χ1) is 15.5. The number of fused-ring (bicyclic) bond motifs is 2. The lowest BCUT2D eigenvalue weighted by molar-refractivity contribution is 0.102. The quantitative estimate of drug-likeness (QED) is 0.227. The molecule has 2 N–H and O–H groups in total. The Bertz CT molecular complexity index is 1290. The smallest absolute Gasteiger partial charge is 0.192 e. The van der Waals surface area contributed by atoms with Crippen LogP contribution in [0, 0.1) is 0 Å². The van der Waals surface area contributed by atoms with Gasteiger partial charge in [-0.15, -0.1) is 0 Å².